The maximum Gasteiger partial charge on any atom is 0.260 e. The quantitative estimate of drug-likeness (QED) is 0.368. The van der Waals surface area contributed by atoms with Crippen molar-refractivity contribution in [1.82, 2.24) is 9.88 Å². The second-order valence-corrected chi connectivity index (χ2v) is 8.62. The van der Waals surface area contributed by atoms with E-state index >= 15 is 0 Å². The summed E-state index contributed by atoms with van der Waals surface area (Å²) in [4.78, 5) is 22.3. The van der Waals surface area contributed by atoms with Crippen molar-refractivity contribution < 1.29 is 14.3 Å². The van der Waals surface area contributed by atoms with Crippen molar-refractivity contribution >= 4 is 60.9 Å². The Morgan fingerprint density at radius 1 is 1.03 bits per heavy atom. The van der Waals surface area contributed by atoms with Gasteiger partial charge in [-0.1, -0.05) is 41.1 Å². The van der Waals surface area contributed by atoms with Crippen LogP contribution in [0.3, 0.4) is 0 Å². The molecule has 0 saturated heterocycles. The van der Waals surface area contributed by atoms with Crippen molar-refractivity contribution in [2.45, 2.75) is 13.8 Å². The molecule has 0 aliphatic carbocycles. The van der Waals surface area contributed by atoms with Crippen LogP contribution in [0.2, 0.25) is 0 Å². The summed E-state index contributed by atoms with van der Waals surface area (Å²) >= 11 is 5.02. The predicted molar refractivity (Wildman–Crippen MR) is 134 cm³/mol. The van der Waals surface area contributed by atoms with E-state index in [1.165, 1.54) is 11.3 Å². The lowest BCUT2D eigenvalue weighted by Crippen LogP contribution is -2.38. The summed E-state index contributed by atoms with van der Waals surface area (Å²) in [5.41, 5.74) is 1.38. The van der Waals surface area contributed by atoms with Crippen LogP contribution >= 0.6 is 39.7 Å². The first kappa shape index (κ1) is 25.4. The van der Waals surface area contributed by atoms with Crippen LogP contribution in [0.25, 0.3) is 10.2 Å². The van der Waals surface area contributed by atoms with Gasteiger partial charge in [0, 0.05) is 29.2 Å². The highest BCUT2D eigenvalue weighted by molar-refractivity contribution is 9.10. The summed E-state index contributed by atoms with van der Waals surface area (Å²) in [7, 11) is 3.15. The molecule has 0 saturated carbocycles. The number of thiazole rings is 1. The van der Waals surface area contributed by atoms with E-state index in [9.17, 15) is 4.79 Å². The first-order valence-electron chi connectivity index (χ1n) is 9.82. The molecule has 2 aromatic carbocycles. The summed E-state index contributed by atoms with van der Waals surface area (Å²) in [6.07, 6.45) is 0. The van der Waals surface area contributed by atoms with Crippen molar-refractivity contribution in [3.05, 3.63) is 46.4 Å². The molecule has 0 spiro atoms. The van der Waals surface area contributed by atoms with Gasteiger partial charge >= 0.3 is 0 Å². The normalized spacial score (nSPS) is 10.8. The molecule has 0 aliphatic rings. The average Bonchev–Trinajstić information content (AvgIpc) is 3.18. The molecule has 0 fully saturated rings. The zero-order valence-corrected chi connectivity index (χ0v) is 21.3. The van der Waals surface area contributed by atoms with E-state index in [0.717, 1.165) is 34.3 Å². The maximum absolute atomic E-state index is 13.6. The highest BCUT2D eigenvalue weighted by Crippen LogP contribution is 2.32. The Morgan fingerprint density at radius 3 is 2.26 bits per heavy atom. The molecule has 3 aromatic rings. The molecule has 168 valence electrons. The fraction of sp³-hybridized carbons (Fsp3) is 0.364. The number of rotatable bonds is 9. The Bertz CT molecular complexity index is 1000. The highest BCUT2D eigenvalue weighted by atomic mass is 79.9. The summed E-state index contributed by atoms with van der Waals surface area (Å²) in [6.45, 7) is 7.41. The lowest BCUT2D eigenvalue weighted by molar-refractivity contribution is 0.0983. The largest absolute Gasteiger partial charge is 0.497 e. The third-order valence-electron chi connectivity index (χ3n) is 4.95. The zero-order chi connectivity index (χ0) is 21.7. The minimum atomic E-state index is -0.127. The summed E-state index contributed by atoms with van der Waals surface area (Å²) in [5, 5.41) is 0.682. The third kappa shape index (κ3) is 6.10. The number of fused-ring (bicyclic) bond motifs is 1. The van der Waals surface area contributed by atoms with E-state index in [4.69, 9.17) is 14.5 Å². The van der Waals surface area contributed by atoms with Gasteiger partial charge in [-0.15, -0.1) is 12.4 Å². The van der Waals surface area contributed by atoms with E-state index in [1.54, 1.807) is 37.3 Å². The SMILES string of the molecule is CCN(CC)CCN(C(=O)c1cc(OC)cc(OC)c1)c1nc2ccc(Br)cc2s1.Cl. The molecular formula is C22H27BrClN3O3S. The fourth-order valence-electron chi connectivity index (χ4n) is 3.15. The van der Waals surface area contributed by atoms with Crippen molar-refractivity contribution in [3.63, 3.8) is 0 Å². The standard InChI is InChI=1S/C22H26BrN3O3S.ClH/c1-5-25(6-2)9-10-26(22-24-19-8-7-16(23)13-20(19)30-22)21(27)15-11-17(28-3)14-18(12-15)29-4;/h7-8,11-14H,5-6,9-10H2,1-4H3;1H. The monoisotopic (exact) mass is 527 g/mol. The van der Waals surface area contributed by atoms with E-state index in [2.05, 4.69) is 34.7 Å². The lowest BCUT2D eigenvalue weighted by Gasteiger charge is -2.25. The van der Waals surface area contributed by atoms with Crippen LogP contribution in [-0.2, 0) is 0 Å². The Balaban J connectivity index is 0.00000341. The number of aromatic nitrogens is 1. The zero-order valence-electron chi connectivity index (χ0n) is 18.1. The predicted octanol–water partition coefficient (Wildman–Crippen LogP) is 5.49. The average molecular weight is 529 g/mol. The summed E-state index contributed by atoms with van der Waals surface area (Å²) in [5.74, 6) is 1.03. The molecule has 9 heteroatoms. The molecule has 0 unspecified atom stereocenters. The molecule has 1 amide bonds. The van der Waals surface area contributed by atoms with E-state index in [1.807, 2.05) is 18.2 Å². The maximum atomic E-state index is 13.6. The van der Waals surface area contributed by atoms with Gasteiger partial charge in [-0.05, 0) is 43.4 Å². The van der Waals surface area contributed by atoms with Gasteiger partial charge < -0.3 is 14.4 Å². The number of halogens is 2. The second-order valence-electron chi connectivity index (χ2n) is 6.69. The Morgan fingerprint density at radius 2 is 1.68 bits per heavy atom. The van der Waals surface area contributed by atoms with Gasteiger partial charge in [0.1, 0.15) is 11.5 Å². The highest BCUT2D eigenvalue weighted by Gasteiger charge is 2.23. The first-order valence-corrected chi connectivity index (χ1v) is 11.4. The molecule has 3 rings (SSSR count). The number of carbonyl (C=O) groups excluding carboxylic acids is 1. The number of likely N-dealkylation sites (N-methyl/N-ethyl adjacent to an activating group) is 1. The number of hydrogen-bond donors (Lipinski definition) is 0. The molecule has 0 aliphatic heterocycles. The van der Waals surface area contributed by atoms with Gasteiger partial charge in [-0.25, -0.2) is 4.98 Å². The Labute approximate surface area is 201 Å². The van der Waals surface area contributed by atoms with E-state index in [-0.39, 0.29) is 18.3 Å². The summed E-state index contributed by atoms with van der Waals surface area (Å²) in [6, 6.07) is 11.2. The Kier molecular flexibility index (Phi) is 9.55. The smallest absolute Gasteiger partial charge is 0.260 e. The van der Waals surface area contributed by atoms with Gasteiger partial charge in [0.05, 0.1) is 24.4 Å². The molecule has 0 radical (unpaired) electrons. The van der Waals surface area contributed by atoms with Crippen LogP contribution in [0.4, 0.5) is 5.13 Å². The van der Waals surface area contributed by atoms with Crippen molar-refractivity contribution in [2.75, 3.05) is 45.3 Å². The van der Waals surface area contributed by atoms with Gasteiger partial charge in [-0.2, -0.15) is 0 Å². The molecule has 0 bridgehead atoms. The van der Waals surface area contributed by atoms with Crippen molar-refractivity contribution in [3.8, 4) is 11.5 Å². The molecule has 0 N–H and O–H groups in total. The van der Waals surface area contributed by atoms with Crippen LogP contribution in [-0.4, -0.2) is 56.2 Å². The molecular weight excluding hydrogens is 502 g/mol. The topological polar surface area (TPSA) is 54.9 Å². The van der Waals surface area contributed by atoms with E-state index < -0.39 is 0 Å². The molecule has 31 heavy (non-hydrogen) atoms. The second kappa shape index (κ2) is 11.7. The van der Waals surface area contributed by atoms with Gasteiger partial charge in [-0.3, -0.25) is 9.69 Å². The van der Waals surface area contributed by atoms with Crippen LogP contribution < -0.4 is 14.4 Å². The third-order valence-corrected chi connectivity index (χ3v) is 6.48. The molecule has 0 atom stereocenters. The van der Waals surface area contributed by atoms with Crippen LogP contribution in [0.5, 0.6) is 11.5 Å². The number of ether oxygens (including phenoxy) is 2. The molecule has 6 nitrogen and oxygen atoms in total. The van der Waals surface area contributed by atoms with Crippen molar-refractivity contribution in [1.29, 1.82) is 0 Å². The van der Waals surface area contributed by atoms with Crippen LogP contribution in [0.1, 0.15) is 24.2 Å². The lowest BCUT2D eigenvalue weighted by atomic mass is 10.1. The number of anilines is 1. The Hall–Kier alpha value is -1.87. The number of benzene rings is 2. The van der Waals surface area contributed by atoms with Gasteiger partial charge in [0.15, 0.2) is 5.13 Å². The fourth-order valence-corrected chi connectivity index (χ4v) is 4.70. The number of nitrogens with zero attached hydrogens (tertiary/aromatic N) is 3. The minimum Gasteiger partial charge on any atom is -0.497 e. The summed E-state index contributed by atoms with van der Waals surface area (Å²) < 4.78 is 12.7. The van der Waals surface area contributed by atoms with E-state index in [0.29, 0.717) is 28.7 Å². The number of amides is 1. The number of carbonyl (C=O) groups is 1. The van der Waals surface area contributed by atoms with Gasteiger partial charge in [0.2, 0.25) is 0 Å². The van der Waals surface area contributed by atoms with Crippen LogP contribution in [0, 0.1) is 0 Å². The van der Waals surface area contributed by atoms with Crippen LogP contribution in [0.15, 0.2) is 40.9 Å². The number of methoxy groups -OCH3 is 2. The van der Waals surface area contributed by atoms with Crippen molar-refractivity contribution in [2.24, 2.45) is 0 Å². The minimum absolute atomic E-state index is 0. The van der Waals surface area contributed by atoms with Gasteiger partial charge in [0.25, 0.3) is 5.91 Å². The molecule has 1 aromatic heterocycles. The number of hydrogen-bond acceptors (Lipinski definition) is 6. The molecule has 1 heterocycles. The first-order chi connectivity index (χ1) is 14.5.